The van der Waals surface area contributed by atoms with Crippen molar-refractivity contribution in [2.75, 3.05) is 19.7 Å². The molecule has 0 amide bonds. The summed E-state index contributed by atoms with van der Waals surface area (Å²) in [6, 6.07) is 0. The van der Waals surface area contributed by atoms with Crippen LogP contribution >= 0.6 is 0 Å². The highest BCUT2D eigenvalue weighted by Gasteiger charge is 2.22. The third-order valence-electron chi connectivity index (χ3n) is 4.56. The SMILES string of the molecule is Cc1nccnc1OCC1CCN(Cc2c(C)noc2C)CC1. The predicted molar refractivity (Wildman–Crippen MR) is 86.2 cm³/mol. The van der Waals surface area contributed by atoms with Crippen LogP contribution in [0.3, 0.4) is 0 Å². The Hall–Kier alpha value is -1.95. The number of aromatic nitrogens is 3. The molecule has 2 aromatic rings. The summed E-state index contributed by atoms with van der Waals surface area (Å²) in [5, 5.41) is 4.03. The molecule has 0 saturated carbocycles. The fraction of sp³-hybridized carbons (Fsp3) is 0.588. The molecule has 124 valence electrons. The molecule has 23 heavy (non-hydrogen) atoms. The minimum absolute atomic E-state index is 0.581. The zero-order chi connectivity index (χ0) is 16.2. The van der Waals surface area contributed by atoms with Crippen LogP contribution in [-0.2, 0) is 6.54 Å². The van der Waals surface area contributed by atoms with Crippen molar-refractivity contribution in [1.29, 1.82) is 0 Å². The van der Waals surface area contributed by atoms with Gasteiger partial charge in [0.15, 0.2) is 0 Å². The van der Waals surface area contributed by atoms with E-state index in [1.165, 1.54) is 5.56 Å². The molecule has 0 atom stereocenters. The molecule has 0 N–H and O–H groups in total. The van der Waals surface area contributed by atoms with Crippen molar-refractivity contribution in [2.24, 2.45) is 5.92 Å². The molecule has 1 aliphatic rings. The summed E-state index contributed by atoms with van der Waals surface area (Å²) in [6.07, 6.45) is 5.65. The van der Waals surface area contributed by atoms with Crippen molar-refractivity contribution in [3.05, 3.63) is 35.1 Å². The molecule has 0 aromatic carbocycles. The second-order valence-corrected chi connectivity index (χ2v) is 6.28. The molecule has 6 nitrogen and oxygen atoms in total. The summed E-state index contributed by atoms with van der Waals surface area (Å²) in [7, 11) is 0. The highest BCUT2D eigenvalue weighted by atomic mass is 16.5. The van der Waals surface area contributed by atoms with Crippen LogP contribution in [0, 0.1) is 26.7 Å². The maximum absolute atomic E-state index is 5.84. The molecule has 6 heteroatoms. The number of aryl methyl sites for hydroxylation is 3. The van der Waals surface area contributed by atoms with Gasteiger partial charge in [0.05, 0.1) is 18.0 Å². The molecular weight excluding hydrogens is 292 g/mol. The average Bonchev–Trinajstić information content (AvgIpc) is 2.87. The Bertz CT molecular complexity index is 628. The second kappa shape index (κ2) is 7.08. The molecule has 3 heterocycles. The number of ether oxygens (including phenoxy) is 1. The lowest BCUT2D eigenvalue weighted by atomic mass is 9.97. The molecule has 1 saturated heterocycles. The standard InChI is InChI=1S/C17H24N4O2/c1-12-16(14(3)23-20-12)10-21-8-4-15(5-9-21)11-22-17-13(2)18-6-7-19-17/h6-7,15H,4-5,8-11H2,1-3H3. The van der Waals surface area contributed by atoms with Gasteiger partial charge in [-0.25, -0.2) is 4.98 Å². The van der Waals surface area contributed by atoms with Crippen LogP contribution in [0.25, 0.3) is 0 Å². The summed E-state index contributed by atoms with van der Waals surface area (Å²) in [4.78, 5) is 10.9. The van der Waals surface area contributed by atoms with Crippen molar-refractivity contribution in [2.45, 2.75) is 40.2 Å². The lowest BCUT2D eigenvalue weighted by Crippen LogP contribution is -2.35. The van der Waals surface area contributed by atoms with Crippen LogP contribution in [-0.4, -0.2) is 39.7 Å². The normalized spacial score (nSPS) is 16.7. The molecule has 2 aromatic heterocycles. The van der Waals surface area contributed by atoms with Crippen LogP contribution < -0.4 is 4.74 Å². The van der Waals surface area contributed by atoms with E-state index in [-0.39, 0.29) is 0 Å². The van der Waals surface area contributed by atoms with Gasteiger partial charge in [-0.2, -0.15) is 0 Å². The van der Waals surface area contributed by atoms with E-state index >= 15 is 0 Å². The molecule has 0 unspecified atom stereocenters. The summed E-state index contributed by atoms with van der Waals surface area (Å²) < 4.78 is 11.1. The number of piperidine rings is 1. The van der Waals surface area contributed by atoms with Gasteiger partial charge < -0.3 is 9.26 Å². The topological polar surface area (TPSA) is 64.3 Å². The van der Waals surface area contributed by atoms with E-state index in [0.717, 1.165) is 56.2 Å². The molecule has 1 fully saturated rings. The third-order valence-corrected chi connectivity index (χ3v) is 4.56. The third kappa shape index (κ3) is 3.88. The van der Waals surface area contributed by atoms with Crippen molar-refractivity contribution in [3.63, 3.8) is 0 Å². The van der Waals surface area contributed by atoms with E-state index in [1.807, 2.05) is 20.8 Å². The summed E-state index contributed by atoms with van der Waals surface area (Å²) in [6.45, 7) is 9.73. The molecule has 0 radical (unpaired) electrons. The lowest BCUT2D eigenvalue weighted by molar-refractivity contribution is 0.133. The van der Waals surface area contributed by atoms with Gasteiger partial charge in [-0.3, -0.25) is 9.88 Å². The van der Waals surface area contributed by atoms with Gasteiger partial charge in [0, 0.05) is 24.5 Å². The Kier molecular flexibility index (Phi) is 4.91. The quantitative estimate of drug-likeness (QED) is 0.845. The number of likely N-dealkylation sites (tertiary alicyclic amines) is 1. The Morgan fingerprint density at radius 3 is 2.52 bits per heavy atom. The highest BCUT2D eigenvalue weighted by Crippen LogP contribution is 2.22. The van der Waals surface area contributed by atoms with Gasteiger partial charge >= 0.3 is 0 Å². The highest BCUT2D eigenvalue weighted by molar-refractivity contribution is 5.20. The van der Waals surface area contributed by atoms with E-state index in [0.29, 0.717) is 11.8 Å². The molecule has 0 spiro atoms. The predicted octanol–water partition coefficient (Wildman–Crippen LogP) is 2.68. The lowest BCUT2D eigenvalue weighted by Gasteiger charge is -2.31. The van der Waals surface area contributed by atoms with Crippen molar-refractivity contribution < 1.29 is 9.26 Å². The zero-order valence-electron chi connectivity index (χ0n) is 14.1. The first-order chi connectivity index (χ1) is 11.1. The Morgan fingerprint density at radius 1 is 1.13 bits per heavy atom. The van der Waals surface area contributed by atoms with Gasteiger partial charge in [0.25, 0.3) is 0 Å². The Labute approximate surface area is 136 Å². The molecule has 0 bridgehead atoms. The van der Waals surface area contributed by atoms with Crippen LogP contribution in [0.15, 0.2) is 16.9 Å². The first-order valence-electron chi connectivity index (χ1n) is 8.18. The number of hydrogen-bond acceptors (Lipinski definition) is 6. The van der Waals surface area contributed by atoms with Crippen LogP contribution in [0.4, 0.5) is 0 Å². The van der Waals surface area contributed by atoms with Gasteiger partial charge in [0.2, 0.25) is 5.88 Å². The summed E-state index contributed by atoms with van der Waals surface area (Å²) in [5.41, 5.74) is 3.09. The van der Waals surface area contributed by atoms with E-state index < -0.39 is 0 Å². The van der Waals surface area contributed by atoms with Crippen molar-refractivity contribution in [3.8, 4) is 5.88 Å². The number of rotatable bonds is 5. The van der Waals surface area contributed by atoms with E-state index in [4.69, 9.17) is 9.26 Å². The fourth-order valence-electron chi connectivity index (χ4n) is 3.00. The molecule has 0 aliphatic carbocycles. The minimum Gasteiger partial charge on any atom is -0.476 e. The van der Waals surface area contributed by atoms with Crippen LogP contribution in [0.5, 0.6) is 5.88 Å². The summed E-state index contributed by atoms with van der Waals surface area (Å²) >= 11 is 0. The van der Waals surface area contributed by atoms with Crippen LogP contribution in [0.1, 0.15) is 35.6 Å². The first-order valence-corrected chi connectivity index (χ1v) is 8.18. The average molecular weight is 316 g/mol. The Morgan fingerprint density at radius 2 is 1.87 bits per heavy atom. The van der Waals surface area contributed by atoms with Crippen molar-refractivity contribution in [1.82, 2.24) is 20.0 Å². The second-order valence-electron chi connectivity index (χ2n) is 6.28. The van der Waals surface area contributed by atoms with E-state index in [2.05, 4.69) is 20.0 Å². The maximum atomic E-state index is 5.84. The van der Waals surface area contributed by atoms with Crippen molar-refractivity contribution >= 4 is 0 Å². The zero-order valence-corrected chi connectivity index (χ0v) is 14.1. The monoisotopic (exact) mass is 316 g/mol. The van der Waals surface area contributed by atoms with Gasteiger partial charge in [0.1, 0.15) is 5.76 Å². The smallest absolute Gasteiger partial charge is 0.235 e. The van der Waals surface area contributed by atoms with E-state index in [9.17, 15) is 0 Å². The van der Waals surface area contributed by atoms with Gasteiger partial charge in [-0.1, -0.05) is 5.16 Å². The molecule has 1 aliphatic heterocycles. The van der Waals surface area contributed by atoms with Crippen LogP contribution in [0.2, 0.25) is 0 Å². The van der Waals surface area contributed by atoms with E-state index in [1.54, 1.807) is 12.4 Å². The number of nitrogens with zero attached hydrogens (tertiary/aromatic N) is 4. The minimum atomic E-state index is 0.581. The largest absolute Gasteiger partial charge is 0.476 e. The number of hydrogen-bond donors (Lipinski definition) is 0. The fourth-order valence-corrected chi connectivity index (χ4v) is 3.00. The van der Waals surface area contributed by atoms with Gasteiger partial charge in [-0.05, 0) is 52.6 Å². The molecule has 3 rings (SSSR count). The van der Waals surface area contributed by atoms with Gasteiger partial charge in [-0.15, -0.1) is 0 Å². The first kappa shape index (κ1) is 15.9. The maximum Gasteiger partial charge on any atom is 0.235 e. The summed E-state index contributed by atoms with van der Waals surface area (Å²) in [5.74, 6) is 2.18. The molecular formula is C17H24N4O2. The Balaban J connectivity index is 1.46.